The fraction of sp³-hybridized carbons (Fsp3) is 0.500. The van der Waals surface area contributed by atoms with Crippen LogP contribution in [-0.2, 0) is 0 Å². The SMILES string of the molecule is CC#CCC(NC)c1ccc(OCCCC)cc1. The molecular formula is C16H23NO. The van der Waals surface area contributed by atoms with Gasteiger partial charge in [-0.3, -0.25) is 0 Å². The van der Waals surface area contributed by atoms with Crippen molar-refractivity contribution in [2.45, 2.75) is 39.2 Å². The zero-order valence-corrected chi connectivity index (χ0v) is 11.6. The molecule has 1 aromatic rings. The number of ether oxygens (including phenoxy) is 1. The summed E-state index contributed by atoms with van der Waals surface area (Å²) in [5.74, 6) is 6.99. The Morgan fingerprint density at radius 1 is 1.28 bits per heavy atom. The molecule has 0 bridgehead atoms. The van der Waals surface area contributed by atoms with Crippen molar-refractivity contribution in [2.24, 2.45) is 0 Å². The molecule has 1 atom stereocenters. The molecule has 1 rings (SSSR count). The maximum absolute atomic E-state index is 5.65. The Morgan fingerprint density at radius 2 is 2.00 bits per heavy atom. The Hall–Kier alpha value is -1.46. The molecule has 0 aliphatic carbocycles. The van der Waals surface area contributed by atoms with Crippen LogP contribution in [0.5, 0.6) is 5.75 Å². The van der Waals surface area contributed by atoms with Crippen molar-refractivity contribution >= 4 is 0 Å². The molecule has 0 saturated carbocycles. The first kappa shape index (κ1) is 14.6. The average molecular weight is 245 g/mol. The van der Waals surface area contributed by atoms with E-state index in [0.717, 1.165) is 31.6 Å². The van der Waals surface area contributed by atoms with E-state index in [2.05, 4.69) is 36.2 Å². The van der Waals surface area contributed by atoms with E-state index in [0.29, 0.717) is 6.04 Å². The number of rotatable bonds is 7. The number of unbranched alkanes of at least 4 members (excludes halogenated alkanes) is 1. The van der Waals surface area contributed by atoms with E-state index >= 15 is 0 Å². The Kier molecular flexibility index (Phi) is 6.98. The highest BCUT2D eigenvalue weighted by Gasteiger charge is 2.07. The quantitative estimate of drug-likeness (QED) is 0.586. The van der Waals surface area contributed by atoms with Crippen LogP contribution in [-0.4, -0.2) is 13.7 Å². The normalized spacial score (nSPS) is 11.5. The predicted molar refractivity (Wildman–Crippen MR) is 76.7 cm³/mol. The van der Waals surface area contributed by atoms with Gasteiger partial charge in [-0.15, -0.1) is 11.8 Å². The molecule has 18 heavy (non-hydrogen) atoms. The van der Waals surface area contributed by atoms with Crippen LogP contribution >= 0.6 is 0 Å². The minimum atomic E-state index is 0.294. The van der Waals surface area contributed by atoms with Gasteiger partial charge in [0.05, 0.1) is 6.61 Å². The summed E-state index contributed by atoms with van der Waals surface area (Å²) in [6.07, 6.45) is 3.10. The molecule has 2 heteroatoms. The third kappa shape index (κ3) is 4.81. The van der Waals surface area contributed by atoms with Gasteiger partial charge >= 0.3 is 0 Å². The van der Waals surface area contributed by atoms with E-state index in [4.69, 9.17) is 4.74 Å². The fourth-order valence-corrected chi connectivity index (χ4v) is 1.72. The molecule has 0 radical (unpaired) electrons. The molecule has 2 nitrogen and oxygen atoms in total. The van der Waals surface area contributed by atoms with E-state index in [1.54, 1.807) is 0 Å². The van der Waals surface area contributed by atoms with Crippen molar-refractivity contribution in [1.29, 1.82) is 0 Å². The van der Waals surface area contributed by atoms with Crippen molar-refractivity contribution in [2.75, 3.05) is 13.7 Å². The summed E-state index contributed by atoms with van der Waals surface area (Å²) < 4.78 is 5.65. The first-order valence-corrected chi connectivity index (χ1v) is 6.61. The monoisotopic (exact) mass is 245 g/mol. The second-order valence-corrected chi connectivity index (χ2v) is 4.24. The molecule has 0 fully saturated rings. The summed E-state index contributed by atoms with van der Waals surface area (Å²) in [6, 6.07) is 8.59. The Balaban J connectivity index is 2.58. The van der Waals surface area contributed by atoms with Crippen molar-refractivity contribution in [3.8, 4) is 17.6 Å². The minimum Gasteiger partial charge on any atom is -0.494 e. The summed E-state index contributed by atoms with van der Waals surface area (Å²) in [5.41, 5.74) is 1.25. The second kappa shape index (κ2) is 8.60. The molecule has 1 unspecified atom stereocenters. The highest BCUT2D eigenvalue weighted by molar-refractivity contribution is 5.29. The van der Waals surface area contributed by atoms with Gasteiger partial charge in [0.1, 0.15) is 5.75 Å². The van der Waals surface area contributed by atoms with Gasteiger partial charge in [0.25, 0.3) is 0 Å². The molecule has 1 N–H and O–H groups in total. The van der Waals surface area contributed by atoms with Gasteiger partial charge in [0.2, 0.25) is 0 Å². The predicted octanol–water partition coefficient (Wildman–Crippen LogP) is 3.54. The van der Waals surface area contributed by atoms with Gasteiger partial charge in [-0.25, -0.2) is 0 Å². The lowest BCUT2D eigenvalue weighted by molar-refractivity contribution is 0.309. The van der Waals surface area contributed by atoms with E-state index in [-0.39, 0.29) is 0 Å². The summed E-state index contributed by atoms with van der Waals surface area (Å²) in [6.45, 7) is 4.84. The highest BCUT2D eigenvalue weighted by atomic mass is 16.5. The molecular weight excluding hydrogens is 222 g/mol. The molecule has 0 aliphatic rings. The van der Waals surface area contributed by atoms with Gasteiger partial charge in [0, 0.05) is 12.5 Å². The van der Waals surface area contributed by atoms with Crippen LogP contribution in [0.2, 0.25) is 0 Å². The van der Waals surface area contributed by atoms with E-state index in [1.807, 2.05) is 26.1 Å². The van der Waals surface area contributed by atoms with Crippen LogP contribution in [0.3, 0.4) is 0 Å². The van der Waals surface area contributed by atoms with E-state index in [1.165, 1.54) is 5.56 Å². The van der Waals surface area contributed by atoms with Crippen LogP contribution < -0.4 is 10.1 Å². The largest absolute Gasteiger partial charge is 0.494 e. The Bertz CT molecular complexity index is 386. The summed E-state index contributed by atoms with van der Waals surface area (Å²) in [7, 11) is 1.97. The van der Waals surface area contributed by atoms with Crippen LogP contribution in [0.4, 0.5) is 0 Å². The van der Waals surface area contributed by atoms with Crippen LogP contribution in [0.15, 0.2) is 24.3 Å². The lowest BCUT2D eigenvalue weighted by Gasteiger charge is -2.14. The molecule has 0 aromatic heterocycles. The number of benzene rings is 1. The van der Waals surface area contributed by atoms with Gasteiger partial charge in [-0.1, -0.05) is 25.5 Å². The summed E-state index contributed by atoms with van der Waals surface area (Å²) in [5, 5.41) is 3.28. The van der Waals surface area contributed by atoms with Gasteiger partial charge in [-0.2, -0.15) is 0 Å². The summed E-state index contributed by atoms with van der Waals surface area (Å²) >= 11 is 0. The van der Waals surface area contributed by atoms with Crippen molar-refractivity contribution in [3.05, 3.63) is 29.8 Å². The third-order valence-electron chi connectivity index (χ3n) is 2.88. The molecule has 0 amide bonds. The molecule has 0 aliphatic heterocycles. The maximum Gasteiger partial charge on any atom is 0.119 e. The topological polar surface area (TPSA) is 21.3 Å². The molecule has 0 spiro atoms. The lowest BCUT2D eigenvalue weighted by Crippen LogP contribution is -2.15. The number of hydrogen-bond acceptors (Lipinski definition) is 2. The summed E-state index contributed by atoms with van der Waals surface area (Å²) in [4.78, 5) is 0. The number of nitrogens with one attached hydrogen (secondary N) is 1. The highest BCUT2D eigenvalue weighted by Crippen LogP contribution is 2.20. The van der Waals surface area contributed by atoms with Crippen molar-refractivity contribution < 1.29 is 4.74 Å². The minimum absolute atomic E-state index is 0.294. The molecule has 98 valence electrons. The smallest absolute Gasteiger partial charge is 0.119 e. The molecule has 0 heterocycles. The van der Waals surface area contributed by atoms with Gasteiger partial charge in [0.15, 0.2) is 0 Å². The zero-order chi connectivity index (χ0) is 13.2. The molecule has 0 saturated heterocycles. The Morgan fingerprint density at radius 3 is 2.56 bits per heavy atom. The first-order valence-electron chi connectivity index (χ1n) is 6.61. The van der Waals surface area contributed by atoms with Crippen LogP contribution in [0, 0.1) is 11.8 Å². The van der Waals surface area contributed by atoms with Crippen LogP contribution in [0.1, 0.15) is 44.7 Å². The van der Waals surface area contributed by atoms with Gasteiger partial charge < -0.3 is 10.1 Å². The van der Waals surface area contributed by atoms with E-state index in [9.17, 15) is 0 Å². The number of hydrogen-bond donors (Lipinski definition) is 1. The zero-order valence-electron chi connectivity index (χ0n) is 11.6. The fourth-order valence-electron chi connectivity index (χ4n) is 1.72. The Labute approximate surface area is 111 Å². The second-order valence-electron chi connectivity index (χ2n) is 4.24. The average Bonchev–Trinajstić information content (AvgIpc) is 2.41. The van der Waals surface area contributed by atoms with E-state index < -0.39 is 0 Å². The maximum atomic E-state index is 5.65. The van der Waals surface area contributed by atoms with Crippen molar-refractivity contribution in [1.82, 2.24) is 5.32 Å². The standard InChI is InChI=1S/C16H23NO/c1-4-6-8-16(17-3)14-9-11-15(12-10-14)18-13-7-5-2/h9-12,16-17H,5,7-8,13H2,1-3H3. The van der Waals surface area contributed by atoms with Gasteiger partial charge in [-0.05, 0) is 38.1 Å². The molecule has 1 aromatic carbocycles. The van der Waals surface area contributed by atoms with Crippen LogP contribution in [0.25, 0.3) is 0 Å². The first-order chi connectivity index (χ1) is 8.81. The van der Waals surface area contributed by atoms with Crippen molar-refractivity contribution in [3.63, 3.8) is 0 Å². The third-order valence-corrected chi connectivity index (χ3v) is 2.88. The lowest BCUT2D eigenvalue weighted by atomic mass is 10.0.